The second-order valence-corrected chi connectivity index (χ2v) is 6.30. The van der Waals surface area contributed by atoms with E-state index in [-0.39, 0.29) is 11.7 Å². The molecule has 136 valence electrons. The van der Waals surface area contributed by atoms with Gasteiger partial charge in [-0.05, 0) is 42.4 Å². The van der Waals surface area contributed by atoms with Gasteiger partial charge in [-0.2, -0.15) is 0 Å². The molecule has 26 heavy (non-hydrogen) atoms. The molecule has 0 aliphatic rings. The van der Waals surface area contributed by atoms with E-state index in [1.54, 1.807) is 0 Å². The second kappa shape index (κ2) is 9.53. The molecule has 2 aromatic carbocycles. The van der Waals surface area contributed by atoms with Crippen molar-refractivity contribution in [2.45, 2.75) is 20.4 Å². The van der Waals surface area contributed by atoms with Gasteiger partial charge in [-0.1, -0.05) is 54.1 Å². The predicted molar refractivity (Wildman–Crippen MR) is 107 cm³/mol. The topological polar surface area (TPSA) is 82.3 Å². The Bertz CT molecular complexity index is 839. The number of carbonyl (C=O) groups excluding carboxylic acids is 2. The number of thiocarbonyl (C=S) groups is 1. The number of allylic oxidation sites excluding steroid dienone is 1. The number of hydrogen-bond acceptors (Lipinski definition) is 3. The number of carbonyl (C=O) groups is 2. The predicted octanol–water partition coefficient (Wildman–Crippen LogP) is 1.92. The first kappa shape index (κ1) is 19.4. The van der Waals surface area contributed by atoms with Crippen molar-refractivity contribution in [2.24, 2.45) is 0 Å². The average molecular weight is 370 g/mol. The third-order valence-corrected chi connectivity index (χ3v) is 3.83. The highest BCUT2D eigenvalue weighted by Gasteiger charge is 2.13. The lowest BCUT2D eigenvalue weighted by molar-refractivity contribution is -0.139. The number of hydrogen-bond donors (Lipinski definition) is 4. The molecule has 7 heteroatoms. The smallest absolute Gasteiger partial charge is 0.327 e. The fourth-order valence-electron chi connectivity index (χ4n) is 2.26. The van der Waals surface area contributed by atoms with Gasteiger partial charge in [0.05, 0.1) is 0 Å². The van der Waals surface area contributed by atoms with Gasteiger partial charge in [-0.25, -0.2) is 0 Å². The van der Waals surface area contributed by atoms with Crippen LogP contribution in [0.5, 0.6) is 0 Å². The molecule has 0 heterocycles. The summed E-state index contributed by atoms with van der Waals surface area (Å²) in [6, 6.07) is 13.7. The maximum absolute atomic E-state index is 11.9. The summed E-state index contributed by atoms with van der Waals surface area (Å²) < 4.78 is 0. The van der Waals surface area contributed by atoms with E-state index in [1.165, 1.54) is 0 Å². The molecule has 0 aliphatic carbocycles. The molecule has 0 atom stereocenters. The number of rotatable bonds is 4. The van der Waals surface area contributed by atoms with Gasteiger partial charge in [0.25, 0.3) is 0 Å². The van der Waals surface area contributed by atoms with Crippen molar-refractivity contribution in [3.05, 3.63) is 59.7 Å². The van der Waals surface area contributed by atoms with Gasteiger partial charge in [0.15, 0.2) is 5.11 Å². The van der Waals surface area contributed by atoms with Crippen LogP contribution in [0.1, 0.15) is 19.4 Å². The lowest BCUT2D eigenvalue weighted by Gasteiger charge is -2.11. The molecule has 4 N–H and O–H groups in total. The quantitative estimate of drug-likeness (QED) is 0.286. The lowest BCUT2D eigenvalue weighted by atomic mass is 10.0. The molecular formula is C19H22N4O2S. The molecule has 2 aromatic rings. The van der Waals surface area contributed by atoms with Crippen LogP contribution in [0, 0.1) is 0 Å². The molecule has 0 fully saturated rings. The molecule has 0 aliphatic heterocycles. The Kier molecular flexibility index (Phi) is 7.11. The zero-order valence-electron chi connectivity index (χ0n) is 14.8. The summed E-state index contributed by atoms with van der Waals surface area (Å²) in [6.45, 7) is 4.74. The second-order valence-electron chi connectivity index (χ2n) is 5.89. The van der Waals surface area contributed by atoms with Crippen LogP contribution in [0.25, 0.3) is 10.8 Å². The third-order valence-electron chi connectivity index (χ3n) is 3.59. The molecule has 0 radical (unpaired) electrons. The summed E-state index contributed by atoms with van der Waals surface area (Å²) in [5, 5.41) is 7.85. The van der Waals surface area contributed by atoms with Gasteiger partial charge in [0.2, 0.25) is 0 Å². The minimum atomic E-state index is -0.809. The van der Waals surface area contributed by atoms with Crippen LogP contribution in [0.15, 0.2) is 54.1 Å². The van der Waals surface area contributed by atoms with Crippen LogP contribution in [-0.2, 0) is 16.1 Å². The first-order valence-corrected chi connectivity index (χ1v) is 8.60. The van der Waals surface area contributed by atoms with Crippen LogP contribution in [0.3, 0.4) is 0 Å². The first-order valence-electron chi connectivity index (χ1n) is 8.19. The van der Waals surface area contributed by atoms with Gasteiger partial charge >= 0.3 is 11.8 Å². The molecule has 2 rings (SSSR count). The summed E-state index contributed by atoms with van der Waals surface area (Å²) in [5.74, 6) is -1.55. The first-order chi connectivity index (χ1) is 12.5. The zero-order chi connectivity index (χ0) is 18.9. The Morgan fingerprint density at radius 1 is 0.962 bits per heavy atom. The SMILES string of the molecule is CC(C)=CCNC(=S)NNC(=O)C(=O)NCc1cccc2ccccc12. The highest BCUT2D eigenvalue weighted by atomic mass is 32.1. The zero-order valence-corrected chi connectivity index (χ0v) is 15.6. The van der Waals surface area contributed by atoms with E-state index in [0.29, 0.717) is 6.54 Å². The van der Waals surface area contributed by atoms with Gasteiger partial charge in [0, 0.05) is 13.1 Å². The van der Waals surface area contributed by atoms with Crippen LogP contribution < -0.4 is 21.5 Å². The molecule has 0 saturated heterocycles. The van der Waals surface area contributed by atoms with E-state index in [2.05, 4.69) is 21.5 Å². The molecular weight excluding hydrogens is 348 g/mol. The van der Waals surface area contributed by atoms with E-state index >= 15 is 0 Å². The van der Waals surface area contributed by atoms with Crippen LogP contribution >= 0.6 is 12.2 Å². The third kappa shape index (κ3) is 5.86. The van der Waals surface area contributed by atoms with Crippen LogP contribution in [0.2, 0.25) is 0 Å². The number of nitrogens with one attached hydrogen (secondary N) is 4. The normalized spacial score (nSPS) is 9.92. The maximum atomic E-state index is 11.9. The van der Waals surface area contributed by atoms with Crippen molar-refractivity contribution < 1.29 is 9.59 Å². The number of fused-ring (bicyclic) bond motifs is 1. The van der Waals surface area contributed by atoms with E-state index in [0.717, 1.165) is 21.9 Å². The van der Waals surface area contributed by atoms with Crippen LogP contribution in [0.4, 0.5) is 0 Å². The van der Waals surface area contributed by atoms with E-state index in [1.807, 2.05) is 62.4 Å². The number of benzene rings is 2. The Balaban J connectivity index is 1.81. The molecule has 0 bridgehead atoms. The van der Waals surface area contributed by atoms with Crippen LogP contribution in [-0.4, -0.2) is 23.5 Å². The average Bonchev–Trinajstić information content (AvgIpc) is 2.63. The maximum Gasteiger partial charge on any atom is 0.327 e. The Hall–Kier alpha value is -2.93. The van der Waals surface area contributed by atoms with E-state index in [9.17, 15) is 9.59 Å². The molecule has 6 nitrogen and oxygen atoms in total. The fourth-order valence-corrected chi connectivity index (χ4v) is 2.40. The van der Waals surface area contributed by atoms with Gasteiger partial charge < -0.3 is 10.6 Å². The van der Waals surface area contributed by atoms with Crippen molar-refractivity contribution in [3.8, 4) is 0 Å². The highest BCUT2D eigenvalue weighted by molar-refractivity contribution is 7.80. The summed E-state index contributed by atoms with van der Waals surface area (Å²) in [5.41, 5.74) is 6.85. The minimum absolute atomic E-state index is 0.234. The molecule has 0 spiro atoms. The minimum Gasteiger partial charge on any atom is -0.358 e. The summed E-state index contributed by atoms with van der Waals surface area (Å²) in [6.07, 6.45) is 1.95. The van der Waals surface area contributed by atoms with Crippen molar-refractivity contribution in [1.29, 1.82) is 0 Å². The summed E-state index contributed by atoms with van der Waals surface area (Å²) in [4.78, 5) is 23.8. The fraction of sp³-hybridized carbons (Fsp3) is 0.211. The standard InChI is InChI=1S/C19H22N4O2S/c1-13(2)10-11-20-19(26)23-22-18(25)17(24)21-12-15-8-5-7-14-6-3-4-9-16(14)15/h3-10H,11-12H2,1-2H3,(H,21,24)(H,22,25)(H2,20,23,26). The lowest BCUT2D eigenvalue weighted by Crippen LogP contribution is -2.51. The highest BCUT2D eigenvalue weighted by Crippen LogP contribution is 2.18. The number of hydrazine groups is 1. The molecule has 0 saturated carbocycles. The molecule has 0 unspecified atom stereocenters. The Morgan fingerprint density at radius 3 is 2.46 bits per heavy atom. The number of amides is 2. The monoisotopic (exact) mass is 370 g/mol. The Labute approximate surface area is 158 Å². The molecule has 0 aromatic heterocycles. The summed E-state index contributed by atoms with van der Waals surface area (Å²) in [7, 11) is 0. The largest absolute Gasteiger partial charge is 0.358 e. The van der Waals surface area contributed by atoms with Crippen molar-refractivity contribution >= 4 is 39.9 Å². The van der Waals surface area contributed by atoms with Crippen molar-refractivity contribution in [2.75, 3.05) is 6.54 Å². The van der Waals surface area contributed by atoms with Crippen molar-refractivity contribution in [3.63, 3.8) is 0 Å². The van der Waals surface area contributed by atoms with E-state index in [4.69, 9.17) is 12.2 Å². The van der Waals surface area contributed by atoms with E-state index < -0.39 is 11.8 Å². The van der Waals surface area contributed by atoms with Gasteiger partial charge in [0.1, 0.15) is 0 Å². The summed E-state index contributed by atoms with van der Waals surface area (Å²) >= 11 is 5.01. The van der Waals surface area contributed by atoms with Crippen molar-refractivity contribution in [1.82, 2.24) is 21.5 Å². The molecule has 2 amide bonds. The Morgan fingerprint density at radius 2 is 1.69 bits per heavy atom. The van der Waals surface area contributed by atoms with Gasteiger partial charge in [-0.15, -0.1) is 0 Å². The van der Waals surface area contributed by atoms with Gasteiger partial charge in [-0.3, -0.25) is 20.4 Å².